The minimum Gasteiger partial charge on any atom is -0.462 e. The molecule has 122 valence electrons. The second kappa shape index (κ2) is 7.85. The second-order valence-corrected chi connectivity index (χ2v) is 5.56. The average Bonchev–Trinajstić information content (AvgIpc) is 3.15. The quantitative estimate of drug-likeness (QED) is 0.723. The fourth-order valence-electron chi connectivity index (χ4n) is 2.04. The highest BCUT2D eigenvalue weighted by molar-refractivity contribution is 7.09. The largest absolute Gasteiger partial charge is 0.462 e. The minimum absolute atomic E-state index is 0.0677. The van der Waals surface area contributed by atoms with Crippen LogP contribution in [-0.2, 0) is 16.0 Å². The van der Waals surface area contributed by atoms with Crippen LogP contribution < -0.4 is 0 Å². The average molecular weight is 334 g/mol. The van der Waals surface area contributed by atoms with Gasteiger partial charge in [0.1, 0.15) is 22.7 Å². The Labute approximate surface area is 138 Å². The Hall–Kier alpha value is -2.24. The number of hydrogen-bond donors (Lipinski definition) is 0. The molecule has 0 saturated heterocycles. The van der Waals surface area contributed by atoms with Gasteiger partial charge in [-0.15, -0.1) is 11.3 Å². The third-order valence-electron chi connectivity index (χ3n) is 3.09. The number of esters is 1. The highest BCUT2D eigenvalue weighted by atomic mass is 32.1. The fraction of sp³-hybridized carbons (Fsp3) is 0.467. The van der Waals surface area contributed by atoms with Crippen molar-refractivity contribution in [3.8, 4) is 6.07 Å². The van der Waals surface area contributed by atoms with E-state index in [0.717, 1.165) is 10.7 Å². The molecule has 0 aromatic carbocycles. The van der Waals surface area contributed by atoms with Crippen LogP contribution in [0, 0.1) is 11.3 Å². The monoisotopic (exact) mass is 334 g/mol. The SMILES string of the molecule is CCOC(=O)c1cnn(Cc2csc([C@@H](C)OCC)n2)c1C#N. The van der Waals surface area contributed by atoms with E-state index in [1.165, 1.54) is 22.2 Å². The highest BCUT2D eigenvalue weighted by Gasteiger charge is 2.19. The van der Waals surface area contributed by atoms with Gasteiger partial charge in [0.25, 0.3) is 0 Å². The Balaban J connectivity index is 2.18. The Kier molecular flexibility index (Phi) is 5.84. The maximum Gasteiger partial charge on any atom is 0.342 e. The zero-order chi connectivity index (χ0) is 16.8. The second-order valence-electron chi connectivity index (χ2n) is 4.67. The number of aromatic nitrogens is 3. The van der Waals surface area contributed by atoms with Crippen LogP contribution >= 0.6 is 11.3 Å². The lowest BCUT2D eigenvalue weighted by Crippen LogP contribution is -2.09. The summed E-state index contributed by atoms with van der Waals surface area (Å²) in [5.41, 5.74) is 1.12. The molecular weight excluding hydrogens is 316 g/mol. The van der Waals surface area contributed by atoms with E-state index in [2.05, 4.69) is 10.1 Å². The Bertz CT molecular complexity index is 717. The zero-order valence-corrected chi connectivity index (χ0v) is 14.1. The smallest absolute Gasteiger partial charge is 0.342 e. The summed E-state index contributed by atoms with van der Waals surface area (Å²) in [6.07, 6.45) is 1.29. The van der Waals surface area contributed by atoms with E-state index >= 15 is 0 Å². The van der Waals surface area contributed by atoms with Crippen LogP contribution in [0.5, 0.6) is 0 Å². The van der Waals surface area contributed by atoms with Crippen LogP contribution in [0.25, 0.3) is 0 Å². The first-order chi connectivity index (χ1) is 11.1. The number of ether oxygens (including phenoxy) is 2. The Morgan fingerprint density at radius 2 is 2.26 bits per heavy atom. The number of rotatable bonds is 7. The van der Waals surface area contributed by atoms with Gasteiger partial charge in [-0.3, -0.25) is 0 Å². The van der Waals surface area contributed by atoms with Crippen LogP contribution in [0.1, 0.15) is 53.6 Å². The molecule has 2 aromatic heterocycles. The lowest BCUT2D eigenvalue weighted by atomic mass is 10.2. The molecule has 0 fully saturated rings. The third kappa shape index (κ3) is 3.94. The standard InChI is InChI=1S/C15H18N4O3S/c1-4-21-10(3)14-18-11(9-23-14)8-19-13(6-16)12(7-17-19)15(20)22-5-2/h7,9-10H,4-5,8H2,1-3H3/t10-/m1/s1. The van der Waals surface area contributed by atoms with E-state index in [4.69, 9.17) is 9.47 Å². The summed E-state index contributed by atoms with van der Waals surface area (Å²) in [7, 11) is 0. The van der Waals surface area contributed by atoms with Crippen molar-refractivity contribution in [2.24, 2.45) is 0 Å². The molecule has 0 amide bonds. The predicted octanol–water partition coefficient (Wildman–Crippen LogP) is 2.53. The Morgan fingerprint density at radius 1 is 1.48 bits per heavy atom. The fourth-order valence-corrected chi connectivity index (χ4v) is 2.85. The van der Waals surface area contributed by atoms with Crippen molar-refractivity contribution in [1.82, 2.24) is 14.8 Å². The van der Waals surface area contributed by atoms with Gasteiger partial charge in [0.15, 0.2) is 5.69 Å². The van der Waals surface area contributed by atoms with Gasteiger partial charge in [-0.1, -0.05) is 0 Å². The van der Waals surface area contributed by atoms with E-state index < -0.39 is 5.97 Å². The summed E-state index contributed by atoms with van der Waals surface area (Å²) in [5.74, 6) is -0.542. The molecule has 2 heterocycles. The molecule has 0 radical (unpaired) electrons. The number of carbonyl (C=O) groups is 1. The molecule has 0 N–H and O–H groups in total. The molecule has 0 aliphatic heterocycles. The van der Waals surface area contributed by atoms with E-state index in [1.807, 2.05) is 25.3 Å². The number of carbonyl (C=O) groups excluding carboxylic acids is 1. The molecule has 0 aliphatic carbocycles. The summed E-state index contributed by atoms with van der Waals surface area (Å²) in [6, 6.07) is 2.00. The highest BCUT2D eigenvalue weighted by Crippen LogP contribution is 2.22. The van der Waals surface area contributed by atoms with E-state index in [-0.39, 0.29) is 24.0 Å². The maximum absolute atomic E-state index is 11.8. The van der Waals surface area contributed by atoms with Crippen LogP contribution in [0.2, 0.25) is 0 Å². The van der Waals surface area contributed by atoms with Gasteiger partial charge in [-0.25, -0.2) is 14.5 Å². The number of thiazole rings is 1. The zero-order valence-electron chi connectivity index (χ0n) is 13.3. The summed E-state index contributed by atoms with van der Waals surface area (Å²) in [6.45, 7) is 6.78. The van der Waals surface area contributed by atoms with Crippen molar-refractivity contribution in [2.45, 2.75) is 33.4 Å². The molecule has 0 aliphatic rings. The van der Waals surface area contributed by atoms with Crippen LogP contribution in [-0.4, -0.2) is 33.9 Å². The summed E-state index contributed by atoms with van der Waals surface area (Å²) < 4.78 is 11.9. The van der Waals surface area contributed by atoms with Crippen LogP contribution in [0.3, 0.4) is 0 Å². The molecule has 2 aromatic rings. The Morgan fingerprint density at radius 3 is 2.91 bits per heavy atom. The molecule has 23 heavy (non-hydrogen) atoms. The molecule has 0 unspecified atom stereocenters. The molecule has 2 rings (SSSR count). The van der Waals surface area contributed by atoms with Gasteiger partial charge in [-0.2, -0.15) is 10.4 Å². The van der Waals surface area contributed by atoms with Crippen molar-refractivity contribution < 1.29 is 14.3 Å². The summed E-state index contributed by atoms with van der Waals surface area (Å²) >= 11 is 1.50. The first-order valence-electron chi connectivity index (χ1n) is 7.29. The first-order valence-corrected chi connectivity index (χ1v) is 8.17. The lowest BCUT2D eigenvalue weighted by molar-refractivity contribution is 0.0526. The van der Waals surface area contributed by atoms with Gasteiger partial charge in [-0.05, 0) is 20.8 Å². The van der Waals surface area contributed by atoms with E-state index in [9.17, 15) is 10.1 Å². The topological polar surface area (TPSA) is 90.0 Å². The van der Waals surface area contributed by atoms with Gasteiger partial charge in [0.2, 0.25) is 0 Å². The lowest BCUT2D eigenvalue weighted by Gasteiger charge is -2.07. The van der Waals surface area contributed by atoms with Crippen LogP contribution in [0.4, 0.5) is 0 Å². The number of nitriles is 1. The molecule has 8 heteroatoms. The van der Waals surface area contributed by atoms with Crippen LogP contribution in [0.15, 0.2) is 11.6 Å². The maximum atomic E-state index is 11.8. The van der Waals surface area contributed by atoms with Crippen molar-refractivity contribution >= 4 is 17.3 Å². The molecule has 7 nitrogen and oxygen atoms in total. The van der Waals surface area contributed by atoms with Gasteiger partial charge in [0.05, 0.1) is 25.0 Å². The van der Waals surface area contributed by atoms with Gasteiger partial charge < -0.3 is 9.47 Å². The van der Waals surface area contributed by atoms with E-state index in [0.29, 0.717) is 13.2 Å². The molecular formula is C15H18N4O3S. The van der Waals surface area contributed by atoms with Crippen molar-refractivity contribution in [2.75, 3.05) is 13.2 Å². The molecule has 0 spiro atoms. The minimum atomic E-state index is -0.542. The summed E-state index contributed by atoms with van der Waals surface area (Å²) in [5, 5.41) is 16.2. The normalized spacial score (nSPS) is 11.9. The number of hydrogen-bond acceptors (Lipinski definition) is 7. The van der Waals surface area contributed by atoms with Gasteiger partial charge in [0, 0.05) is 12.0 Å². The van der Waals surface area contributed by atoms with Crippen molar-refractivity contribution in [3.63, 3.8) is 0 Å². The first kappa shape index (κ1) is 17.1. The van der Waals surface area contributed by atoms with E-state index in [1.54, 1.807) is 6.92 Å². The third-order valence-corrected chi connectivity index (χ3v) is 4.14. The predicted molar refractivity (Wildman–Crippen MR) is 84.2 cm³/mol. The number of nitrogens with zero attached hydrogens (tertiary/aromatic N) is 4. The summed E-state index contributed by atoms with van der Waals surface area (Å²) in [4.78, 5) is 16.3. The molecule has 0 bridgehead atoms. The molecule has 1 atom stereocenters. The van der Waals surface area contributed by atoms with Crippen molar-refractivity contribution in [3.05, 3.63) is 33.5 Å². The van der Waals surface area contributed by atoms with Gasteiger partial charge >= 0.3 is 5.97 Å². The van der Waals surface area contributed by atoms with Crippen molar-refractivity contribution in [1.29, 1.82) is 5.26 Å². The molecule has 0 saturated carbocycles.